The number of benzene rings is 2. The van der Waals surface area contributed by atoms with Crippen LogP contribution >= 0.6 is 0 Å². The lowest BCUT2D eigenvalue weighted by atomic mass is 10.1. The topological polar surface area (TPSA) is 55.1 Å². The summed E-state index contributed by atoms with van der Waals surface area (Å²) in [5.74, 6) is -1.68. The maximum Gasteiger partial charge on any atom is 0.335 e. The Labute approximate surface area is 114 Å². The van der Waals surface area contributed by atoms with Gasteiger partial charge in [-0.1, -0.05) is 24.3 Å². The number of halogens is 1. The van der Waals surface area contributed by atoms with Gasteiger partial charge in [-0.2, -0.15) is 5.10 Å². The SMILES string of the molecule is O=C(O)c1ccc(Cn2ncc3ccccc32)c(F)c1. The Kier molecular flexibility index (Phi) is 2.95. The fourth-order valence-corrected chi connectivity index (χ4v) is 2.12. The van der Waals surface area contributed by atoms with Crippen LogP contribution in [-0.4, -0.2) is 20.9 Å². The number of para-hydroxylation sites is 1. The highest BCUT2D eigenvalue weighted by Crippen LogP contribution is 2.17. The summed E-state index contributed by atoms with van der Waals surface area (Å²) in [4.78, 5) is 10.8. The van der Waals surface area contributed by atoms with Crippen LogP contribution in [0.3, 0.4) is 0 Å². The Morgan fingerprint density at radius 3 is 2.80 bits per heavy atom. The summed E-state index contributed by atoms with van der Waals surface area (Å²) in [6, 6.07) is 11.6. The summed E-state index contributed by atoms with van der Waals surface area (Å²) < 4.78 is 15.6. The molecule has 1 aromatic heterocycles. The van der Waals surface area contributed by atoms with Crippen LogP contribution < -0.4 is 0 Å². The molecule has 0 saturated heterocycles. The van der Waals surface area contributed by atoms with Gasteiger partial charge in [0.1, 0.15) is 5.82 Å². The van der Waals surface area contributed by atoms with E-state index in [1.54, 1.807) is 10.9 Å². The summed E-state index contributed by atoms with van der Waals surface area (Å²) in [5, 5.41) is 14.0. The number of aromatic carboxylic acids is 1. The maximum atomic E-state index is 13.9. The van der Waals surface area contributed by atoms with Crippen LogP contribution in [0.4, 0.5) is 4.39 Å². The van der Waals surface area contributed by atoms with Crippen LogP contribution in [-0.2, 0) is 6.54 Å². The highest BCUT2D eigenvalue weighted by Gasteiger charge is 2.10. The smallest absolute Gasteiger partial charge is 0.335 e. The van der Waals surface area contributed by atoms with Gasteiger partial charge in [0.25, 0.3) is 0 Å². The molecule has 5 heteroatoms. The van der Waals surface area contributed by atoms with E-state index in [0.717, 1.165) is 17.0 Å². The lowest BCUT2D eigenvalue weighted by molar-refractivity contribution is 0.0696. The monoisotopic (exact) mass is 270 g/mol. The van der Waals surface area contributed by atoms with Crippen LogP contribution in [0.1, 0.15) is 15.9 Å². The van der Waals surface area contributed by atoms with Crippen molar-refractivity contribution in [2.24, 2.45) is 0 Å². The molecule has 100 valence electrons. The first-order valence-electron chi connectivity index (χ1n) is 6.07. The number of nitrogens with zero attached hydrogens (tertiary/aromatic N) is 2. The van der Waals surface area contributed by atoms with Gasteiger partial charge in [-0.05, 0) is 18.2 Å². The molecule has 2 aromatic carbocycles. The number of aromatic nitrogens is 2. The molecule has 0 radical (unpaired) electrons. The highest BCUT2D eigenvalue weighted by atomic mass is 19.1. The summed E-state index contributed by atoms with van der Waals surface area (Å²) in [5.41, 5.74) is 1.26. The van der Waals surface area contributed by atoms with Gasteiger partial charge in [0, 0.05) is 10.9 Å². The minimum atomic E-state index is -1.14. The fraction of sp³-hybridized carbons (Fsp3) is 0.0667. The molecule has 0 aliphatic heterocycles. The fourth-order valence-electron chi connectivity index (χ4n) is 2.12. The molecule has 0 unspecified atom stereocenters. The van der Waals surface area contributed by atoms with E-state index in [1.165, 1.54) is 12.1 Å². The van der Waals surface area contributed by atoms with Crippen molar-refractivity contribution in [1.29, 1.82) is 0 Å². The van der Waals surface area contributed by atoms with E-state index >= 15 is 0 Å². The minimum Gasteiger partial charge on any atom is -0.478 e. The largest absolute Gasteiger partial charge is 0.478 e. The lowest BCUT2D eigenvalue weighted by Crippen LogP contribution is -2.05. The Balaban J connectivity index is 1.97. The number of rotatable bonds is 3. The molecule has 0 fully saturated rings. The Morgan fingerprint density at radius 1 is 1.25 bits per heavy atom. The molecule has 0 spiro atoms. The zero-order valence-corrected chi connectivity index (χ0v) is 10.5. The summed E-state index contributed by atoms with van der Waals surface area (Å²) in [7, 11) is 0. The van der Waals surface area contributed by atoms with E-state index in [9.17, 15) is 9.18 Å². The summed E-state index contributed by atoms with van der Waals surface area (Å²) >= 11 is 0. The van der Waals surface area contributed by atoms with Crippen molar-refractivity contribution in [2.45, 2.75) is 6.54 Å². The second-order valence-electron chi connectivity index (χ2n) is 4.47. The second-order valence-corrected chi connectivity index (χ2v) is 4.47. The first kappa shape index (κ1) is 12.3. The van der Waals surface area contributed by atoms with Gasteiger partial charge in [-0.25, -0.2) is 9.18 Å². The summed E-state index contributed by atoms with van der Waals surface area (Å²) in [6.45, 7) is 0.263. The van der Waals surface area contributed by atoms with Gasteiger partial charge in [0.05, 0.1) is 23.8 Å². The van der Waals surface area contributed by atoms with Crippen molar-refractivity contribution in [3.8, 4) is 0 Å². The third kappa shape index (κ3) is 2.14. The molecule has 0 saturated carbocycles. The number of carboxylic acid groups (broad SMARTS) is 1. The van der Waals surface area contributed by atoms with Gasteiger partial charge < -0.3 is 5.11 Å². The Morgan fingerprint density at radius 2 is 2.05 bits per heavy atom. The minimum absolute atomic E-state index is 0.0587. The van der Waals surface area contributed by atoms with E-state index in [-0.39, 0.29) is 12.1 Å². The molecule has 1 heterocycles. The van der Waals surface area contributed by atoms with Crippen LogP contribution in [0, 0.1) is 5.82 Å². The number of fused-ring (bicyclic) bond motifs is 1. The molecule has 0 bridgehead atoms. The molecule has 20 heavy (non-hydrogen) atoms. The number of carboxylic acids is 1. The average molecular weight is 270 g/mol. The Hall–Kier alpha value is -2.69. The molecule has 3 aromatic rings. The third-order valence-corrected chi connectivity index (χ3v) is 3.17. The molecule has 3 rings (SSSR count). The standard InChI is InChI=1S/C15H11FN2O2/c16-13-7-10(15(19)20)5-6-12(13)9-18-14-4-2-1-3-11(14)8-17-18/h1-8H,9H2,(H,19,20). The highest BCUT2D eigenvalue weighted by molar-refractivity contribution is 5.87. The van der Waals surface area contributed by atoms with Crippen LogP contribution in [0.25, 0.3) is 10.9 Å². The van der Waals surface area contributed by atoms with Crippen molar-refractivity contribution in [2.75, 3.05) is 0 Å². The number of hydrogen-bond donors (Lipinski definition) is 1. The normalized spacial score (nSPS) is 10.8. The zero-order valence-electron chi connectivity index (χ0n) is 10.5. The molecule has 0 aliphatic rings. The van der Waals surface area contributed by atoms with Crippen LogP contribution in [0.5, 0.6) is 0 Å². The Bertz CT molecular complexity index is 795. The van der Waals surface area contributed by atoms with Gasteiger partial charge in [-0.15, -0.1) is 0 Å². The first-order chi connectivity index (χ1) is 9.65. The van der Waals surface area contributed by atoms with Crippen LogP contribution in [0.2, 0.25) is 0 Å². The molecular formula is C15H11FN2O2. The molecule has 4 nitrogen and oxygen atoms in total. The zero-order chi connectivity index (χ0) is 14.1. The van der Waals surface area contributed by atoms with Crippen molar-refractivity contribution in [3.63, 3.8) is 0 Å². The number of hydrogen-bond acceptors (Lipinski definition) is 2. The van der Waals surface area contributed by atoms with E-state index in [4.69, 9.17) is 5.11 Å². The molecule has 0 aliphatic carbocycles. The van der Waals surface area contributed by atoms with Crippen molar-refractivity contribution in [1.82, 2.24) is 9.78 Å². The van der Waals surface area contributed by atoms with Crippen LogP contribution in [0.15, 0.2) is 48.7 Å². The second kappa shape index (κ2) is 4.77. The average Bonchev–Trinajstić information content (AvgIpc) is 2.84. The van der Waals surface area contributed by atoms with Crippen molar-refractivity contribution >= 4 is 16.9 Å². The predicted molar refractivity (Wildman–Crippen MR) is 72.2 cm³/mol. The van der Waals surface area contributed by atoms with Gasteiger partial charge in [0.15, 0.2) is 0 Å². The van der Waals surface area contributed by atoms with E-state index in [0.29, 0.717) is 5.56 Å². The van der Waals surface area contributed by atoms with E-state index in [1.807, 2.05) is 24.3 Å². The van der Waals surface area contributed by atoms with Gasteiger partial charge in [0.2, 0.25) is 0 Å². The van der Waals surface area contributed by atoms with E-state index in [2.05, 4.69) is 5.10 Å². The first-order valence-corrected chi connectivity index (χ1v) is 6.07. The van der Waals surface area contributed by atoms with E-state index < -0.39 is 11.8 Å². The molecule has 0 atom stereocenters. The predicted octanol–water partition coefficient (Wildman–Crippen LogP) is 2.92. The molecule has 1 N–H and O–H groups in total. The van der Waals surface area contributed by atoms with Gasteiger partial charge in [-0.3, -0.25) is 4.68 Å². The number of carbonyl (C=O) groups is 1. The lowest BCUT2D eigenvalue weighted by Gasteiger charge is -2.06. The molecule has 0 amide bonds. The maximum absolute atomic E-state index is 13.9. The van der Waals surface area contributed by atoms with Gasteiger partial charge >= 0.3 is 5.97 Å². The molecular weight excluding hydrogens is 259 g/mol. The third-order valence-electron chi connectivity index (χ3n) is 3.17. The summed E-state index contributed by atoms with van der Waals surface area (Å²) in [6.07, 6.45) is 1.72. The van der Waals surface area contributed by atoms with Crippen molar-refractivity contribution < 1.29 is 14.3 Å². The van der Waals surface area contributed by atoms with Crippen molar-refractivity contribution in [3.05, 3.63) is 65.6 Å². The quantitative estimate of drug-likeness (QED) is 0.796.